The van der Waals surface area contributed by atoms with E-state index < -0.39 is 6.04 Å². The Morgan fingerprint density at radius 1 is 1.55 bits per heavy atom. The first-order valence-electron chi connectivity index (χ1n) is 6.24. The van der Waals surface area contributed by atoms with E-state index in [0.29, 0.717) is 12.1 Å². The number of nitrogens with two attached hydrogens (primary N) is 1. The first-order valence-corrected chi connectivity index (χ1v) is 6.24. The van der Waals surface area contributed by atoms with Gasteiger partial charge >= 0.3 is 0 Å². The van der Waals surface area contributed by atoms with Gasteiger partial charge in [-0.05, 0) is 17.7 Å². The standard InChI is InChI=1S/C14H18N4O2/c1-17(8-10-4-3-5-12(19)6-10)14(20)13(15)11-7-16-18(2)9-11/h3-7,9,13,19H,8,15H2,1-2H3. The number of amides is 1. The van der Waals surface area contributed by atoms with Crippen molar-refractivity contribution < 1.29 is 9.90 Å². The number of rotatable bonds is 4. The molecule has 0 fully saturated rings. The maximum Gasteiger partial charge on any atom is 0.244 e. The Kier molecular flexibility index (Phi) is 4.05. The van der Waals surface area contributed by atoms with Crippen LogP contribution in [0.15, 0.2) is 36.7 Å². The summed E-state index contributed by atoms with van der Waals surface area (Å²) in [4.78, 5) is 13.8. The van der Waals surface area contributed by atoms with Crippen LogP contribution in [0, 0.1) is 0 Å². The lowest BCUT2D eigenvalue weighted by molar-refractivity contribution is -0.131. The molecule has 1 aromatic heterocycles. The number of aromatic hydroxyl groups is 1. The predicted molar refractivity (Wildman–Crippen MR) is 74.7 cm³/mol. The molecule has 6 heteroatoms. The van der Waals surface area contributed by atoms with Crippen molar-refractivity contribution in [3.05, 3.63) is 47.8 Å². The van der Waals surface area contributed by atoms with Crippen molar-refractivity contribution in [2.24, 2.45) is 12.8 Å². The zero-order valence-corrected chi connectivity index (χ0v) is 11.5. The zero-order valence-electron chi connectivity index (χ0n) is 11.5. The first kappa shape index (κ1) is 14.1. The smallest absolute Gasteiger partial charge is 0.244 e. The van der Waals surface area contributed by atoms with E-state index >= 15 is 0 Å². The van der Waals surface area contributed by atoms with Crippen molar-refractivity contribution in [1.82, 2.24) is 14.7 Å². The fourth-order valence-corrected chi connectivity index (χ4v) is 1.99. The molecule has 0 spiro atoms. The molecule has 2 rings (SSSR count). The van der Waals surface area contributed by atoms with E-state index in [9.17, 15) is 9.90 Å². The summed E-state index contributed by atoms with van der Waals surface area (Å²) < 4.78 is 1.61. The number of hydrogen-bond acceptors (Lipinski definition) is 4. The van der Waals surface area contributed by atoms with Gasteiger partial charge in [-0.3, -0.25) is 9.48 Å². The molecule has 0 aliphatic heterocycles. The number of phenols is 1. The van der Waals surface area contributed by atoms with Crippen LogP contribution in [0.5, 0.6) is 5.75 Å². The topological polar surface area (TPSA) is 84.4 Å². The Bertz CT molecular complexity index is 609. The van der Waals surface area contributed by atoms with Crippen LogP contribution in [0.3, 0.4) is 0 Å². The van der Waals surface area contributed by atoms with E-state index in [2.05, 4.69) is 5.10 Å². The quantitative estimate of drug-likeness (QED) is 0.863. The number of likely N-dealkylation sites (N-methyl/N-ethyl adjacent to an activating group) is 1. The second-order valence-corrected chi connectivity index (χ2v) is 4.79. The van der Waals surface area contributed by atoms with Crippen molar-refractivity contribution >= 4 is 5.91 Å². The molecule has 1 heterocycles. The summed E-state index contributed by atoms with van der Waals surface area (Å²) in [6.45, 7) is 0.390. The lowest BCUT2D eigenvalue weighted by atomic mass is 10.1. The summed E-state index contributed by atoms with van der Waals surface area (Å²) in [5, 5.41) is 13.4. The summed E-state index contributed by atoms with van der Waals surface area (Å²) >= 11 is 0. The monoisotopic (exact) mass is 274 g/mol. The molecule has 106 valence electrons. The summed E-state index contributed by atoms with van der Waals surface area (Å²) in [5.41, 5.74) is 7.47. The molecule has 1 unspecified atom stereocenters. The van der Waals surface area contributed by atoms with E-state index in [1.165, 1.54) is 4.90 Å². The largest absolute Gasteiger partial charge is 0.508 e. The van der Waals surface area contributed by atoms with Crippen molar-refractivity contribution in [1.29, 1.82) is 0 Å². The number of aromatic nitrogens is 2. The van der Waals surface area contributed by atoms with Gasteiger partial charge in [0.15, 0.2) is 0 Å². The molecule has 6 nitrogen and oxygen atoms in total. The third kappa shape index (κ3) is 3.16. The lowest BCUT2D eigenvalue weighted by Crippen LogP contribution is -2.35. The molecule has 0 saturated carbocycles. The van der Waals surface area contributed by atoms with E-state index in [0.717, 1.165) is 5.56 Å². The van der Waals surface area contributed by atoms with Gasteiger partial charge in [-0.2, -0.15) is 5.10 Å². The number of benzene rings is 1. The summed E-state index contributed by atoms with van der Waals surface area (Å²) in [6, 6.07) is 6.07. The van der Waals surface area contributed by atoms with E-state index in [1.54, 1.807) is 49.4 Å². The number of carbonyl (C=O) groups excluding carboxylic acids is 1. The fraction of sp³-hybridized carbons (Fsp3) is 0.286. The average Bonchev–Trinajstić information content (AvgIpc) is 2.83. The third-order valence-corrected chi connectivity index (χ3v) is 3.06. The van der Waals surface area contributed by atoms with Crippen LogP contribution in [-0.4, -0.2) is 32.7 Å². The SMILES string of the molecule is CN(Cc1cccc(O)c1)C(=O)C(N)c1cnn(C)c1. The number of nitrogens with zero attached hydrogens (tertiary/aromatic N) is 3. The minimum Gasteiger partial charge on any atom is -0.508 e. The van der Waals surface area contributed by atoms with Gasteiger partial charge in [0, 0.05) is 32.4 Å². The molecule has 20 heavy (non-hydrogen) atoms. The summed E-state index contributed by atoms with van der Waals surface area (Å²) in [5.74, 6) is -0.0127. The molecule has 0 aliphatic carbocycles. The molecule has 0 saturated heterocycles. The number of phenolic OH excluding ortho intramolecular Hbond substituents is 1. The lowest BCUT2D eigenvalue weighted by Gasteiger charge is -2.20. The second-order valence-electron chi connectivity index (χ2n) is 4.79. The van der Waals surface area contributed by atoms with E-state index in [-0.39, 0.29) is 11.7 Å². The van der Waals surface area contributed by atoms with Crippen molar-refractivity contribution in [2.75, 3.05) is 7.05 Å². The molecule has 2 aromatic rings. The maximum atomic E-state index is 12.2. The first-order chi connectivity index (χ1) is 9.47. The Balaban J connectivity index is 2.05. The van der Waals surface area contributed by atoms with Gasteiger partial charge in [-0.1, -0.05) is 12.1 Å². The van der Waals surface area contributed by atoms with Crippen LogP contribution in [0.25, 0.3) is 0 Å². The van der Waals surface area contributed by atoms with Crippen LogP contribution in [0.2, 0.25) is 0 Å². The molecular formula is C14H18N4O2. The van der Waals surface area contributed by atoms with Crippen molar-refractivity contribution in [3.8, 4) is 5.75 Å². The number of hydrogen-bond donors (Lipinski definition) is 2. The minimum absolute atomic E-state index is 0.180. The predicted octanol–water partition coefficient (Wildman–Crippen LogP) is 0.784. The number of aryl methyl sites for hydroxylation is 1. The van der Waals surface area contributed by atoms with Crippen LogP contribution >= 0.6 is 0 Å². The highest BCUT2D eigenvalue weighted by molar-refractivity contribution is 5.82. The summed E-state index contributed by atoms with van der Waals surface area (Å²) in [7, 11) is 3.46. The van der Waals surface area contributed by atoms with Gasteiger partial charge in [0.25, 0.3) is 0 Å². The zero-order chi connectivity index (χ0) is 14.7. The highest BCUT2D eigenvalue weighted by Crippen LogP contribution is 2.15. The van der Waals surface area contributed by atoms with Gasteiger partial charge in [-0.25, -0.2) is 0 Å². The van der Waals surface area contributed by atoms with Crippen molar-refractivity contribution in [3.63, 3.8) is 0 Å². The molecule has 0 radical (unpaired) electrons. The van der Waals surface area contributed by atoms with Crippen LogP contribution in [0.1, 0.15) is 17.2 Å². The van der Waals surface area contributed by atoms with Gasteiger partial charge in [0.2, 0.25) is 5.91 Å². The molecule has 3 N–H and O–H groups in total. The van der Waals surface area contributed by atoms with Crippen LogP contribution in [-0.2, 0) is 18.4 Å². The molecule has 1 atom stereocenters. The molecule has 0 aliphatic rings. The van der Waals surface area contributed by atoms with Crippen LogP contribution < -0.4 is 5.73 Å². The van der Waals surface area contributed by atoms with E-state index in [1.807, 2.05) is 6.07 Å². The Morgan fingerprint density at radius 2 is 2.30 bits per heavy atom. The summed E-state index contributed by atoms with van der Waals surface area (Å²) in [6.07, 6.45) is 3.31. The molecule has 1 amide bonds. The normalized spacial score (nSPS) is 12.2. The van der Waals surface area contributed by atoms with Gasteiger partial charge in [0.1, 0.15) is 11.8 Å². The highest BCUT2D eigenvalue weighted by atomic mass is 16.3. The van der Waals surface area contributed by atoms with Crippen molar-refractivity contribution in [2.45, 2.75) is 12.6 Å². The number of carbonyl (C=O) groups is 1. The third-order valence-electron chi connectivity index (χ3n) is 3.06. The minimum atomic E-state index is -0.731. The maximum absolute atomic E-state index is 12.2. The van der Waals surface area contributed by atoms with Crippen LogP contribution in [0.4, 0.5) is 0 Å². The Morgan fingerprint density at radius 3 is 2.90 bits per heavy atom. The van der Waals surface area contributed by atoms with Gasteiger partial charge in [-0.15, -0.1) is 0 Å². The van der Waals surface area contributed by atoms with Gasteiger partial charge < -0.3 is 15.7 Å². The fourth-order valence-electron chi connectivity index (χ4n) is 1.99. The average molecular weight is 274 g/mol. The van der Waals surface area contributed by atoms with E-state index in [4.69, 9.17) is 5.73 Å². The second kappa shape index (κ2) is 5.75. The Labute approximate surface area is 117 Å². The molecule has 1 aromatic carbocycles. The Hall–Kier alpha value is -2.34. The van der Waals surface area contributed by atoms with Gasteiger partial charge in [0.05, 0.1) is 6.20 Å². The highest BCUT2D eigenvalue weighted by Gasteiger charge is 2.21. The molecular weight excluding hydrogens is 256 g/mol. The molecule has 0 bridgehead atoms.